The number of alkyl halides is 3. The van der Waals surface area contributed by atoms with Crippen LogP contribution in [0.2, 0.25) is 0 Å². The van der Waals surface area contributed by atoms with Crippen LogP contribution in [0.4, 0.5) is 18.0 Å². The highest BCUT2D eigenvalue weighted by atomic mass is 19.4. The van der Waals surface area contributed by atoms with E-state index in [4.69, 9.17) is 9.47 Å². The number of rotatable bonds is 6. The number of hydrogen-bond donors (Lipinski definition) is 1. The molecular formula is C27H35F3N6O5. The molecule has 2 fully saturated rings. The normalized spacial score (nSPS) is 17.3. The number of likely N-dealkylation sites (tertiary alicyclic amines) is 2. The van der Waals surface area contributed by atoms with Crippen LogP contribution in [0, 0.1) is 0 Å². The largest absolute Gasteiger partial charge is 0.490 e. The van der Waals surface area contributed by atoms with Gasteiger partial charge in [-0.2, -0.15) is 13.2 Å². The molecule has 0 spiro atoms. The number of piperidine rings is 2. The van der Waals surface area contributed by atoms with E-state index in [0.717, 1.165) is 12.1 Å². The summed E-state index contributed by atoms with van der Waals surface area (Å²) in [6.07, 6.45) is -1.13. The number of halogens is 3. The first-order valence-corrected chi connectivity index (χ1v) is 13.6. The van der Waals surface area contributed by atoms with Gasteiger partial charge in [-0.1, -0.05) is 5.21 Å². The van der Waals surface area contributed by atoms with Crippen molar-refractivity contribution in [2.45, 2.75) is 70.4 Å². The summed E-state index contributed by atoms with van der Waals surface area (Å²) in [6, 6.07) is 4.52. The summed E-state index contributed by atoms with van der Waals surface area (Å²) in [5, 5.41) is 10.6. The van der Waals surface area contributed by atoms with Crippen LogP contribution in [0.5, 0.6) is 5.75 Å². The smallest absolute Gasteiger partial charge is 0.416 e. The van der Waals surface area contributed by atoms with Crippen LogP contribution in [0.1, 0.15) is 68.5 Å². The molecule has 0 bridgehead atoms. The fourth-order valence-corrected chi connectivity index (χ4v) is 4.69. The van der Waals surface area contributed by atoms with Gasteiger partial charge in [-0.3, -0.25) is 9.59 Å². The molecule has 11 nitrogen and oxygen atoms in total. The molecule has 3 heterocycles. The van der Waals surface area contributed by atoms with Crippen molar-refractivity contribution >= 4 is 17.9 Å². The summed E-state index contributed by atoms with van der Waals surface area (Å²) in [6.45, 7) is 7.06. The molecule has 41 heavy (non-hydrogen) atoms. The van der Waals surface area contributed by atoms with Crippen LogP contribution in [-0.4, -0.2) is 87.1 Å². The molecule has 224 valence electrons. The van der Waals surface area contributed by atoms with Gasteiger partial charge in [-0.25, -0.2) is 9.48 Å². The third-order valence-corrected chi connectivity index (χ3v) is 6.91. The molecule has 2 saturated heterocycles. The van der Waals surface area contributed by atoms with Gasteiger partial charge in [0.25, 0.3) is 5.91 Å². The number of hydrogen-bond acceptors (Lipinski definition) is 7. The number of amides is 3. The molecule has 14 heteroatoms. The number of nitrogens with zero attached hydrogens (tertiary/aromatic N) is 5. The minimum Gasteiger partial charge on any atom is -0.490 e. The molecule has 4 rings (SSSR count). The summed E-state index contributed by atoms with van der Waals surface area (Å²) in [5.41, 5.74) is -1.21. The minimum atomic E-state index is -4.40. The number of carbonyl (C=O) groups excluding carboxylic acids is 3. The van der Waals surface area contributed by atoms with E-state index in [1.807, 2.05) is 20.8 Å². The Hall–Kier alpha value is -3.84. The lowest BCUT2D eigenvalue weighted by Gasteiger charge is -2.33. The highest BCUT2D eigenvalue weighted by Crippen LogP contribution is 2.31. The third-order valence-electron chi connectivity index (χ3n) is 6.91. The van der Waals surface area contributed by atoms with Crippen molar-refractivity contribution < 1.29 is 37.0 Å². The Kier molecular flexibility index (Phi) is 9.08. The summed E-state index contributed by atoms with van der Waals surface area (Å²) >= 11 is 0. The average molecular weight is 581 g/mol. The highest BCUT2D eigenvalue weighted by Gasteiger charge is 2.31. The Balaban J connectivity index is 1.17. The van der Waals surface area contributed by atoms with Crippen molar-refractivity contribution in [1.82, 2.24) is 30.1 Å². The molecule has 1 aromatic heterocycles. The number of nitrogens with one attached hydrogen (secondary N) is 1. The van der Waals surface area contributed by atoms with E-state index in [2.05, 4.69) is 15.6 Å². The Morgan fingerprint density at radius 1 is 0.951 bits per heavy atom. The van der Waals surface area contributed by atoms with Gasteiger partial charge < -0.3 is 24.6 Å². The lowest BCUT2D eigenvalue weighted by atomic mass is 10.1. The fraction of sp³-hybridized carbons (Fsp3) is 0.593. The monoisotopic (exact) mass is 580 g/mol. The van der Waals surface area contributed by atoms with E-state index in [9.17, 15) is 27.6 Å². The van der Waals surface area contributed by atoms with E-state index < -0.39 is 23.2 Å². The lowest BCUT2D eigenvalue weighted by Crippen LogP contribution is -2.46. The zero-order valence-corrected chi connectivity index (χ0v) is 23.3. The predicted molar refractivity (Wildman–Crippen MR) is 140 cm³/mol. The summed E-state index contributed by atoms with van der Waals surface area (Å²) in [7, 11) is 0. The molecule has 0 unspecified atom stereocenters. The fourth-order valence-electron chi connectivity index (χ4n) is 4.69. The Bertz CT molecular complexity index is 1210. The lowest BCUT2D eigenvalue weighted by molar-refractivity contribution is -0.137. The van der Waals surface area contributed by atoms with Gasteiger partial charge in [0, 0.05) is 39.0 Å². The highest BCUT2D eigenvalue weighted by molar-refractivity contribution is 5.94. The summed E-state index contributed by atoms with van der Waals surface area (Å²) in [4.78, 5) is 40.8. The van der Waals surface area contributed by atoms with Crippen molar-refractivity contribution in [3.8, 4) is 5.75 Å². The standard InChI is InChI=1S/C27H35F3N6O5/c1-26(2,3)41-25(39)35-12-8-19(9-13-35)36-17-22(32-33-36)24(38)31-16-23(37)34-14-10-21(11-15-34)40-20-6-4-18(5-7-20)27(28,29)30/h4-7,17,19,21H,8-16H2,1-3H3,(H,31,38). The van der Waals surface area contributed by atoms with Crippen LogP contribution in [-0.2, 0) is 15.7 Å². The minimum absolute atomic E-state index is 0.0181. The second-order valence-corrected chi connectivity index (χ2v) is 11.2. The van der Waals surface area contributed by atoms with Gasteiger partial charge in [-0.05, 0) is 57.9 Å². The molecule has 2 aliphatic heterocycles. The van der Waals surface area contributed by atoms with E-state index in [1.54, 1.807) is 14.5 Å². The molecule has 0 saturated carbocycles. The van der Waals surface area contributed by atoms with Crippen molar-refractivity contribution in [3.63, 3.8) is 0 Å². The van der Waals surface area contributed by atoms with Crippen molar-refractivity contribution in [3.05, 3.63) is 41.7 Å². The van der Waals surface area contributed by atoms with Crippen molar-refractivity contribution in [2.24, 2.45) is 0 Å². The molecular weight excluding hydrogens is 545 g/mol. The first-order chi connectivity index (χ1) is 19.3. The van der Waals surface area contributed by atoms with Gasteiger partial charge in [-0.15, -0.1) is 5.10 Å². The number of ether oxygens (including phenoxy) is 2. The summed E-state index contributed by atoms with van der Waals surface area (Å²) in [5.74, 6) is -0.429. The van der Waals surface area contributed by atoms with E-state index in [-0.39, 0.29) is 36.4 Å². The third kappa shape index (κ3) is 8.33. The Morgan fingerprint density at radius 2 is 1.56 bits per heavy atom. The van der Waals surface area contributed by atoms with Crippen molar-refractivity contribution in [2.75, 3.05) is 32.7 Å². The average Bonchev–Trinajstić information content (AvgIpc) is 3.41. The first kappa shape index (κ1) is 30.1. The Morgan fingerprint density at radius 3 is 2.15 bits per heavy atom. The molecule has 2 aliphatic rings. The molecule has 1 aromatic carbocycles. The number of carbonyl (C=O) groups is 3. The quantitative estimate of drug-likeness (QED) is 0.554. The number of benzene rings is 1. The second-order valence-electron chi connectivity index (χ2n) is 11.2. The molecule has 0 aliphatic carbocycles. The molecule has 2 aromatic rings. The maximum Gasteiger partial charge on any atom is 0.416 e. The second kappa shape index (κ2) is 12.4. The topological polar surface area (TPSA) is 119 Å². The Labute approximate surface area is 235 Å². The van der Waals surface area contributed by atoms with E-state index in [0.29, 0.717) is 57.6 Å². The molecule has 3 amide bonds. The summed E-state index contributed by atoms with van der Waals surface area (Å²) < 4.78 is 51.0. The maximum atomic E-state index is 12.7. The van der Waals surface area contributed by atoms with Gasteiger partial charge in [0.05, 0.1) is 24.3 Å². The SMILES string of the molecule is CC(C)(C)OC(=O)N1CCC(n2cc(C(=O)NCC(=O)N3CCC(Oc4ccc(C(F)(F)F)cc4)CC3)nn2)CC1. The molecule has 0 atom stereocenters. The molecule has 1 N–H and O–H groups in total. The van der Waals surface area contributed by atoms with Crippen LogP contribution >= 0.6 is 0 Å². The van der Waals surface area contributed by atoms with Crippen LogP contribution in [0.25, 0.3) is 0 Å². The van der Waals surface area contributed by atoms with Gasteiger partial charge >= 0.3 is 12.3 Å². The first-order valence-electron chi connectivity index (χ1n) is 13.6. The molecule has 0 radical (unpaired) electrons. The van der Waals surface area contributed by atoms with Crippen molar-refractivity contribution in [1.29, 1.82) is 0 Å². The van der Waals surface area contributed by atoms with Gasteiger partial charge in [0.15, 0.2) is 5.69 Å². The zero-order valence-electron chi connectivity index (χ0n) is 23.3. The maximum absolute atomic E-state index is 12.7. The van der Waals surface area contributed by atoms with Gasteiger partial charge in [0.2, 0.25) is 5.91 Å². The van der Waals surface area contributed by atoms with Crippen LogP contribution in [0.15, 0.2) is 30.5 Å². The van der Waals surface area contributed by atoms with Crippen LogP contribution in [0.3, 0.4) is 0 Å². The van der Waals surface area contributed by atoms with E-state index in [1.165, 1.54) is 18.3 Å². The zero-order chi connectivity index (χ0) is 29.8. The van der Waals surface area contributed by atoms with E-state index >= 15 is 0 Å². The van der Waals surface area contributed by atoms with Crippen LogP contribution < -0.4 is 10.1 Å². The predicted octanol–water partition coefficient (Wildman–Crippen LogP) is 3.67. The van der Waals surface area contributed by atoms with Gasteiger partial charge in [0.1, 0.15) is 17.5 Å². The number of aromatic nitrogens is 3.